The molecule has 1 N–H and O–H groups in total. The van der Waals surface area contributed by atoms with Crippen molar-refractivity contribution in [2.75, 3.05) is 11.2 Å². The molecule has 0 unspecified atom stereocenters. The number of nitrogens with one attached hydrogen (secondary N) is 1. The van der Waals surface area contributed by atoms with E-state index in [1.165, 1.54) is 4.68 Å². The number of rotatable bonds is 6. The topological polar surface area (TPSA) is 59.8 Å². The first-order chi connectivity index (χ1) is 11.3. The van der Waals surface area contributed by atoms with E-state index in [4.69, 9.17) is 11.6 Å². The molecule has 1 aromatic carbocycles. The lowest BCUT2D eigenvalue weighted by Crippen LogP contribution is -2.25. The van der Waals surface area contributed by atoms with Crippen molar-refractivity contribution >= 4 is 28.2 Å². The summed E-state index contributed by atoms with van der Waals surface area (Å²) in [6, 6.07) is 13.2. The minimum absolute atomic E-state index is 0.0888. The Bertz CT molecular complexity index is 848. The number of hydrogen-bond donors (Lipinski definition) is 1. The summed E-state index contributed by atoms with van der Waals surface area (Å²) in [5.74, 6) is 1.18. The van der Waals surface area contributed by atoms with E-state index in [2.05, 4.69) is 15.4 Å². The van der Waals surface area contributed by atoms with Gasteiger partial charge in [0.05, 0.1) is 17.6 Å². The van der Waals surface area contributed by atoms with E-state index in [1.807, 2.05) is 42.5 Å². The Morgan fingerprint density at radius 1 is 1.09 bits per heavy atom. The molecule has 0 bridgehead atoms. The van der Waals surface area contributed by atoms with Crippen LogP contribution in [0, 0.1) is 0 Å². The van der Waals surface area contributed by atoms with Crippen molar-refractivity contribution in [1.82, 2.24) is 14.8 Å². The number of hydrogen-bond acceptors (Lipinski definition) is 4. The average Bonchev–Trinajstić information content (AvgIpc) is 2.61. The predicted molar refractivity (Wildman–Crippen MR) is 92.9 cm³/mol. The first-order valence-electron chi connectivity index (χ1n) is 7.49. The fourth-order valence-corrected chi connectivity index (χ4v) is 2.52. The fourth-order valence-electron chi connectivity index (χ4n) is 2.40. The van der Waals surface area contributed by atoms with Crippen molar-refractivity contribution in [3.63, 3.8) is 0 Å². The lowest BCUT2D eigenvalue weighted by atomic mass is 10.2. The van der Waals surface area contributed by atoms with E-state index in [0.717, 1.165) is 11.1 Å². The van der Waals surface area contributed by atoms with Gasteiger partial charge in [0.2, 0.25) is 0 Å². The molecule has 0 saturated carbocycles. The van der Waals surface area contributed by atoms with Crippen LogP contribution < -0.4 is 10.9 Å². The van der Waals surface area contributed by atoms with Crippen LogP contribution in [0.4, 0.5) is 5.82 Å². The summed E-state index contributed by atoms with van der Waals surface area (Å²) < 4.78 is 1.48. The van der Waals surface area contributed by atoms with Gasteiger partial charge in [-0.1, -0.05) is 24.3 Å². The zero-order valence-electron chi connectivity index (χ0n) is 12.6. The molecule has 5 nitrogen and oxygen atoms in total. The molecule has 2 heterocycles. The van der Waals surface area contributed by atoms with Crippen molar-refractivity contribution in [2.24, 2.45) is 0 Å². The van der Waals surface area contributed by atoms with E-state index >= 15 is 0 Å². The molecule has 0 fully saturated rings. The summed E-state index contributed by atoms with van der Waals surface area (Å²) in [6.45, 7) is 1.05. The van der Waals surface area contributed by atoms with Crippen molar-refractivity contribution in [3.8, 4) is 0 Å². The van der Waals surface area contributed by atoms with Crippen LogP contribution in [0.1, 0.15) is 12.1 Å². The number of aryl methyl sites for hydroxylation is 1. The van der Waals surface area contributed by atoms with Crippen LogP contribution in [0.15, 0.2) is 53.5 Å². The van der Waals surface area contributed by atoms with Crippen LogP contribution in [0.25, 0.3) is 10.8 Å². The molecule has 3 aromatic rings. The van der Waals surface area contributed by atoms with Crippen LogP contribution in [0.2, 0.25) is 0 Å². The summed E-state index contributed by atoms with van der Waals surface area (Å²) in [5.41, 5.74) is 0.825. The van der Waals surface area contributed by atoms with Crippen molar-refractivity contribution < 1.29 is 0 Å². The normalized spacial score (nSPS) is 10.8. The third kappa shape index (κ3) is 3.51. The highest BCUT2D eigenvalue weighted by Gasteiger charge is 2.10. The van der Waals surface area contributed by atoms with E-state index in [-0.39, 0.29) is 5.56 Å². The number of alkyl halides is 1. The maximum Gasteiger partial charge on any atom is 0.274 e. The van der Waals surface area contributed by atoms with E-state index in [9.17, 15) is 4.79 Å². The second-order valence-corrected chi connectivity index (χ2v) is 5.52. The second kappa shape index (κ2) is 7.24. The molecule has 0 radical (unpaired) electrons. The van der Waals surface area contributed by atoms with Crippen molar-refractivity contribution in [2.45, 2.75) is 19.5 Å². The molecule has 3 rings (SSSR count). The maximum absolute atomic E-state index is 12.5. The first kappa shape index (κ1) is 15.5. The number of aromatic nitrogens is 3. The zero-order valence-corrected chi connectivity index (χ0v) is 13.3. The summed E-state index contributed by atoms with van der Waals surface area (Å²) in [4.78, 5) is 16.8. The number of halogens is 1. The minimum Gasteiger partial charge on any atom is -0.362 e. The third-order valence-corrected chi connectivity index (χ3v) is 3.80. The molecule has 0 aliphatic carbocycles. The summed E-state index contributed by atoms with van der Waals surface area (Å²) in [6.07, 6.45) is 2.45. The smallest absolute Gasteiger partial charge is 0.274 e. The van der Waals surface area contributed by atoms with Crippen LogP contribution in [0.3, 0.4) is 0 Å². The van der Waals surface area contributed by atoms with Crippen LogP contribution in [0.5, 0.6) is 0 Å². The van der Waals surface area contributed by atoms with Gasteiger partial charge in [-0.3, -0.25) is 9.78 Å². The number of pyridine rings is 1. The van der Waals surface area contributed by atoms with Gasteiger partial charge >= 0.3 is 0 Å². The average molecular weight is 329 g/mol. The minimum atomic E-state index is -0.0888. The molecule has 0 aliphatic rings. The molecule has 2 aromatic heterocycles. The highest BCUT2D eigenvalue weighted by Crippen LogP contribution is 2.18. The second-order valence-electron chi connectivity index (χ2n) is 5.14. The monoisotopic (exact) mass is 328 g/mol. The molecule has 23 heavy (non-hydrogen) atoms. The van der Waals surface area contributed by atoms with Gasteiger partial charge in [-0.2, -0.15) is 5.10 Å². The highest BCUT2D eigenvalue weighted by molar-refractivity contribution is 6.17. The molecule has 118 valence electrons. The number of nitrogens with zero attached hydrogens (tertiary/aromatic N) is 3. The Labute approximate surface area is 138 Å². The molecular formula is C17H17ClN4O. The SMILES string of the molecule is O=c1c2ccccc2c(NCc2ccccn2)nn1CCCCl. The first-order valence-corrected chi connectivity index (χ1v) is 8.02. The number of fused-ring (bicyclic) bond motifs is 1. The van der Waals surface area contributed by atoms with Gasteiger partial charge < -0.3 is 5.32 Å². The number of anilines is 1. The Morgan fingerprint density at radius 3 is 2.61 bits per heavy atom. The predicted octanol–water partition coefficient (Wildman–Crippen LogP) is 3.03. The lowest BCUT2D eigenvalue weighted by Gasteiger charge is -2.12. The molecular weight excluding hydrogens is 312 g/mol. The van der Waals surface area contributed by atoms with Crippen LogP contribution in [-0.2, 0) is 13.1 Å². The number of benzene rings is 1. The van der Waals surface area contributed by atoms with Gasteiger partial charge in [-0.05, 0) is 24.6 Å². The molecule has 0 saturated heterocycles. The maximum atomic E-state index is 12.5. The van der Waals surface area contributed by atoms with Gasteiger partial charge in [0, 0.05) is 24.0 Å². The van der Waals surface area contributed by atoms with Gasteiger partial charge in [0.15, 0.2) is 5.82 Å². The van der Waals surface area contributed by atoms with Gasteiger partial charge in [-0.25, -0.2) is 4.68 Å². The summed E-state index contributed by atoms with van der Waals surface area (Å²) >= 11 is 5.74. The largest absolute Gasteiger partial charge is 0.362 e. The Balaban J connectivity index is 1.97. The van der Waals surface area contributed by atoms with E-state index in [1.54, 1.807) is 6.20 Å². The molecule has 0 amide bonds. The van der Waals surface area contributed by atoms with Gasteiger partial charge in [0.1, 0.15) is 0 Å². The lowest BCUT2D eigenvalue weighted by molar-refractivity contribution is 0.578. The molecule has 0 aliphatic heterocycles. The van der Waals surface area contributed by atoms with E-state index < -0.39 is 0 Å². The molecule has 0 atom stereocenters. The molecule has 6 heteroatoms. The van der Waals surface area contributed by atoms with E-state index in [0.29, 0.717) is 36.6 Å². The fraction of sp³-hybridized carbons (Fsp3) is 0.235. The van der Waals surface area contributed by atoms with Gasteiger partial charge in [-0.15, -0.1) is 11.6 Å². The third-order valence-electron chi connectivity index (χ3n) is 3.53. The highest BCUT2D eigenvalue weighted by atomic mass is 35.5. The Kier molecular flexibility index (Phi) is 4.88. The summed E-state index contributed by atoms with van der Waals surface area (Å²) in [5, 5.41) is 9.21. The van der Waals surface area contributed by atoms with Gasteiger partial charge in [0.25, 0.3) is 5.56 Å². The standard InChI is InChI=1S/C17H17ClN4O/c18-9-5-11-22-17(23)15-8-2-1-7-14(15)16(21-22)20-12-13-6-3-4-10-19-13/h1-4,6-8,10H,5,9,11-12H2,(H,20,21). The van der Waals surface area contributed by atoms with Crippen molar-refractivity contribution in [3.05, 3.63) is 64.7 Å². The quantitative estimate of drug-likeness (QED) is 0.707. The van der Waals surface area contributed by atoms with Crippen LogP contribution in [-0.4, -0.2) is 20.6 Å². The van der Waals surface area contributed by atoms with Crippen LogP contribution >= 0.6 is 11.6 Å². The zero-order chi connectivity index (χ0) is 16.1. The molecule has 0 spiro atoms. The Morgan fingerprint density at radius 2 is 1.87 bits per heavy atom. The van der Waals surface area contributed by atoms with Crippen molar-refractivity contribution in [1.29, 1.82) is 0 Å². The summed E-state index contributed by atoms with van der Waals surface area (Å²) in [7, 11) is 0. The Hall–Kier alpha value is -2.40.